The van der Waals surface area contributed by atoms with Crippen LogP contribution in [0.4, 0.5) is 4.79 Å². The van der Waals surface area contributed by atoms with Crippen molar-refractivity contribution < 1.29 is 14.3 Å². The number of carbonyl (C=O) groups excluding carboxylic acids is 2. The molecule has 0 bridgehead atoms. The summed E-state index contributed by atoms with van der Waals surface area (Å²) < 4.78 is 5.61. The molecule has 1 aliphatic heterocycles. The fraction of sp³-hybridized carbons (Fsp3) is 0.167. The van der Waals surface area contributed by atoms with E-state index in [1.165, 1.54) is 6.08 Å². The summed E-state index contributed by atoms with van der Waals surface area (Å²) in [6, 6.07) is 9.12. The van der Waals surface area contributed by atoms with E-state index in [1.54, 1.807) is 12.1 Å². The molecule has 0 aromatic heterocycles. The van der Waals surface area contributed by atoms with E-state index in [2.05, 4.69) is 11.9 Å². The average molecular weight is 249 g/mol. The molecule has 17 heavy (non-hydrogen) atoms. The van der Waals surface area contributed by atoms with Crippen LogP contribution in [0, 0.1) is 0 Å². The lowest BCUT2D eigenvalue weighted by molar-refractivity contribution is -0.119. The molecule has 88 valence electrons. The number of hydrogen-bond acceptors (Lipinski definition) is 4. The van der Waals surface area contributed by atoms with Gasteiger partial charge in [0.05, 0.1) is 0 Å². The summed E-state index contributed by atoms with van der Waals surface area (Å²) in [7, 11) is 0. The van der Waals surface area contributed by atoms with Crippen LogP contribution < -0.4 is 10.1 Å². The molecule has 1 N–H and O–H groups in total. The first kappa shape index (κ1) is 11.7. The van der Waals surface area contributed by atoms with Gasteiger partial charge in [-0.3, -0.25) is 14.9 Å². The van der Waals surface area contributed by atoms with Crippen molar-refractivity contribution in [3.63, 3.8) is 0 Å². The van der Waals surface area contributed by atoms with Crippen LogP contribution in [0.25, 0.3) is 0 Å². The van der Waals surface area contributed by atoms with E-state index in [0.29, 0.717) is 5.75 Å². The minimum absolute atomic E-state index is 0.333. The normalized spacial score (nSPS) is 20.8. The highest BCUT2D eigenvalue weighted by Gasteiger charge is 2.37. The van der Waals surface area contributed by atoms with E-state index < -0.39 is 11.4 Å². The van der Waals surface area contributed by atoms with Gasteiger partial charge in [-0.2, -0.15) is 0 Å². The molecule has 1 aliphatic rings. The third kappa shape index (κ3) is 2.68. The largest absolute Gasteiger partial charge is 0.485 e. The number of amides is 2. The number of thioether (sulfide) groups is 1. The molecule has 0 aliphatic carbocycles. The Bertz CT molecular complexity index is 446. The van der Waals surface area contributed by atoms with Crippen molar-refractivity contribution in [2.75, 3.05) is 0 Å². The lowest BCUT2D eigenvalue weighted by Crippen LogP contribution is -2.35. The first-order chi connectivity index (χ1) is 8.20. The van der Waals surface area contributed by atoms with Crippen molar-refractivity contribution in [1.29, 1.82) is 0 Å². The van der Waals surface area contributed by atoms with Gasteiger partial charge in [-0.05, 0) is 30.0 Å². The first-order valence-electron chi connectivity index (χ1n) is 5.06. The fourth-order valence-electron chi connectivity index (χ4n) is 1.48. The van der Waals surface area contributed by atoms with E-state index >= 15 is 0 Å². The molecule has 1 aromatic carbocycles. The Kier molecular flexibility index (Phi) is 3.49. The summed E-state index contributed by atoms with van der Waals surface area (Å²) in [5.74, 6) is 0.311. The molecule has 0 spiro atoms. The molecule has 5 heteroatoms. The van der Waals surface area contributed by atoms with Crippen molar-refractivity contribution in [2.24, 2.45) is 0 Å². The van der Waals surface area contributed by atoms with E-state index in [1.807, 2.05) is 18.2 Å². The summed E-state index contributed by atoms with van der Waals surface area (Å²) in [6.45, 7) is 3.63. The predicted molar refractivity (Wildman–Crippen MR) is 66.0 cm³/mol. The molecule has 1 fully saturated rings. The average Bonchev–Trinajstić information content (AvgIpc) is 2.67. The van der Waals surface area contributed by atoms with Gasteiger partial charge in [0.1, 0.15) is 17.1 Å². The maximum atomic E-state index is 11.5. The number of hydrogen-bond donors (Lipinski definition) is 1. The monoisotopic (exact) mass is 249 g/mol. The van der Waals surface area contributed by atoms with E-state index in [9.17, 15) is 9.59 Å². The van der Waals surface area contributed by atoms with Crippen LogP contribution in [0.1, 0.15) is 0 Å². The Balaban J connectivity index is 2.10. The van der Waals surface area contributed by atoms with Gasteiger partial charge < -0.3 is 4.74 Å². The Morgan fingerprint density at radius 3 is 2.59 bits per heavy atom. The highest BCUT2D eigenvalue weighted by molar-refractivity contribution is 8.15. The summed E-state index contributed by atoms with van der Waals surface area (Å²) >= 11 is 0.930. The molecule has 4 nitrogen and oxygen atoms in total. The van der Waals surface area contributed by atoms with Crippen molar-refractivity contribution in [3.8, 4) is 5.75 Å². The van der Waals surface area contributed by atoms with Gasteiger partial charge in [-0.25, -0.2) is 0 Å². The molecular weight excluding hydrogens is 238 g/mol. The molecule has 2 rings (SSSR count). The molecule has 2 atom stereocenters. The maximum Gasteiger partial charge on any atom is 0.286 e. The smallest absolute Gasteiger partial charge is 0.286 e. The van der Waals surface area contributed by atoms with E-state index in [0.717, 1.165) is 11.8 Å². The highest BCUT2D eigenvalue weighted by atomic mass is 32.2. The zero-order valence-corrected chi connectivity index (χ0v) is 9.78. The van der Waals surface area contributed by atoms with Gasteiger partial charge in [0.2, 0.25) is 5.91 Å². The van der Waals surface area contributed by atoms with Crippen LogP contribution in [0.3, 0.4) is 0 Å². The van der Waals surface area contributed by atoms with Crippen LogP contribution in [0.5, 0.6) is 5.75 Å². The second kappa shape index (κ2) is 5.05. The Labute approximate surface area is 103 Å². The summed E-state index contributed by atoms with van der Waals surface area (Å²) in [4.78, 5) is 22.6. The van der Waals surface area contributed by atoms with Crippen LogP contribution in [0.2, 0.25) is 0 Å². The number of nitrogens with one attached hydrogen (secondary N) is 1. The fourth-order valence-corrected chi connectivity index (χ4v) is 2.33. The predicted octanol–water partition coefficient (Wildman–Crippen LogP) is 1.97. The van der Waals surface area contributed by atoms with Crippen molar-refractivity contribution in [1.82, 2.24) is 5.32 Å². The zero-order chi connectivity index (χ0) is 12.3. The topological polar surface area (TPSA) is 55.4 Å². The lowest BCUT2D eigenvalue weighted by atomic mass is 10.2. The van der Waals surface area contributed by atoms with Crippen LogP contribution >= 0.6 is 11.8 Å². The lowest BCUT2D eigenvalue weighted by Gasteiger charge is -2.18. The summed E-state index contributed by atoms with van der Waals surface area (Å²) in [5, 5.41) is 1.31. The number of imide groups is 1. The van der Waals surface area contributed by atoms with Gasteiger partial charge in [0.25, 0.3) is 5.24 Å². The van der Waals surface area contributed by atoms with Crippen molar-refractivity contribution in [2.45, 2.75) is 11.4 Å². The van der Waals surface area contributed by atoms with Gasteiger partial charge in [0, 0.05) is 0 Å². The zero-order valence-electron chi connectivity index (χ0n) is 8.96. The highest BCUT2D eigenvalue weighted by Crippen LogP contribution is 2.25. The third-order valence-electron chi connectivity index (χ3n) is 2.26. The molecule has 1 saturated heterocycles. The summed E-state index contributed by atoms with van der Waals surface area (Å²) in [6.07, 6.45) is 1.01. The van der Waals surface area contributed by atoms with E-state index in [4.69, 9.17) is 4.74 Å². The Hall–Kier alpha value is -1.75. The van der Waals surface area contributed by atoms with Crippen LogP contribution in [-0.4, -0.2) is 22.5 Å². The molecule has 1 aromatic rings. The van der Waals surface area contributed by atoms with E-state index in [-0.39, 0.29) is 11.1 Å². The second-order valence-electron chi connectivity index (χ2n) is 3.45. The Morgan fingerprint density at radius 1 is 1.35 bits per heavy atom. The molecule has 2 unspecified atom stereocenters. The first-order valence-corrected chi connectivity index (χ1v) is 5.94. The minimum Gasteiger partial charge on any atom is -0.485 e. The SMILES string of the molecule is C=CC(Oc1ccccc1)C1SC(=O)NC1=O. The summed E-state index contributed by atoms with van der Waals surface area (Å²) in [5.41, 5.74) is 0. The van der Waals surface area contributed by atoms with Gasteiger partial charge in [0.15, 0.2) is 0 Å². The molecule has 1 heterocycles. The molecule has 2 amide bonds. The number of benzene rings is 1. The Morgan fingerprint density at radius 2 is 2.06 bits per heavy atom. The number of para-hydroxylation sites is 1. The van der Waals surface area contributed by atoms with Gasteiger partial charge >= 0.3 is 0 Å². The quantitative estimate of drug-likeness (QED) is 0.829. The second-order valence-corrected chi connectivity index (χ2v) is 4.56. The molecule has 0 radical (unpaired) electrons. The number of rotatable bonds is 4. The minimum atomic E-state index is -0.569. The maximum absolute atomic E-state index is 11.5. The third-order valence-corrected chi connectivity index (χ3v) is 3.32. The molecule has 0 saturated carbocycles. The van der Waals surface area contributed by atoms with Crippen molar-refractivity contribution in [3.05, 3.63) is 43.0 Å². The number of carbonyl (C=O) groups is 2. The van der Waals surface area contributed by atoms with Crippen molar-refractivity contribution >= 4 is 22.9 Å². The standard InChI is InChI=1S/C12H11NO3S/c1-2-9(10-11(14)13-12(15)17-10)16-8-6-4-3-5-7-8/h2-7,9-10H,1H2,(H,13,14,15). The number of ether oxygens (including phenoxy) is 1. The van der Waals surface area contributed by atoms with Gasteiger partial charge in [-0.15, -0.1) is 0 Å². The van der Waals surface area contributed by atoms with Gasteiger partial charge in [-0.1, -0.05) is 24.8 Å². The van der Waals surface area contributed by atoms with Crippen LogP contribution in [0.15, 0.2) is 43.0 Å². The van der Waals surface area contributed by atoms with Crippen LogP contribution in [-0.2, 0) is 4.79 Å². The molecular formula is C12H11NO3S.